The van der Waals surface area contributed by atoms with Gasteiger partial charge >= 0.3 is 0 Å². The average Bonchev–Trinajstić information content (AvgIpc) is 2.64. The van der Waals surface area contributed by atoms with Gasteiger partial charge in [-0.1, -0.05) is 41.8 Å². The zero-order valence-electron chi connectivity index (χ0n) is 14.4. The molecule has 26 heavy (non-hydrogen) atoms. The molecule has 0 aromatic heterocycles. The minimum Gasteiger partial charge on any atom is -0.493 e. The van der Waals surface area contributed by atoms with Crippen LogP contribution in [-0.4, -0.2) is 19.5 Å². The van der Waals surface area contributed by atoms with Crippen LogP contribution in [0.1, 0.15) is 21.5 Å². The Kier molecular flexibility index (Phi) is 6.44. The number of rotatable bonds is 6. The fraction of sp³-hybridized carbons (Fsp3) is 0.143. The molecular weight excluding hydrogens is 350 g/mol. The first-order chi connectivity index (χ1) is 12.5. The molecule has 0 saturated carbocycles. The number of allylic oxidation sites excluding steroid dienone is 1. The van der Waals surface area contributed by atoms with Crippen molar-refractivity contribution >= 4 is 23.5 Å². The Morgan fingerprint density at radius 2 is 2.08 bits per heavy atom. The minimum atomic E-state index is -0.353. The first-order valence-corrected chi connectivity index (χ1v) is 8.05. The van der Waals surface area contributed by atoms with Gasteiger partial charge in [0.25, 0.3) is 0 Å². The molecule has 2 aromatic rings. The highest BCUT2D eigenvalue weighted by atomic mass is 35.5. The van der Waals surface area contributed by atoms with Gasteiger partial charge in [0.1, 0.15) is 18.2 Å². The number of methoxy groups -OCH3 is 1. The second-order valence-electron chi connectivity index (χ2n) is 5.34. The van der Waals surface area contributed by atoms with Crippen molar-refractivity contribution in [1.82, 2.24) is 0 Å². The predicted molar refractivity (Wildman–Crippen MR) is 101 cm³/mol. The molecular formula is C21H16ClNO3. The maximum absolute atomic E-state index is 12.6. The number of nitrogens with zero attached hydrogens (tertiary/aromatic N) is 1. The number of Topliss-reactive ketones (excluding diaryl/α,β-unsaturated/α-hetero) is 1. The summed E-state index contributed by atoms with van der Waals surface area (Å²) in [5.41, 5.74) is 1.81. The molecule has 0 saturated heterocycles. The Morgan fingerprint density at radius 1 is 1.35 bits per heavy atom. The van der Waals surface area contributed by atoms with Gasteiger partial charge in [0.2, 0.25) is 5.78 Å². The molecule has 0 spiro atoms. The Morgan fingerprint density at radius 3 is 2.69 bits per heavy atom. The van der Waals surface area contributed by atoms with Crippen molar-refractivity contribution in [2.24, 2.45) is 0 Å². The lowest BCUT2D eigenvalue weighted by atomic mass is 9.98. The third-order valence-corrected chi connectivity index (χ3v) is 3.90. The van der Waals surface area contributed by atoms with E-state index in [4.69, 9.17) is 27.5 Å². The number of ketones is 1. The van der Waals surface area contributed by atoms with Crippen LogP contribution in [0.3, 0.4) is 0 Å². The lowest BCUT2D eigenvalue weighted by Gasteiger charge is -2.12. The van der Waals surface area contributed by atoms with Crippen LogP contribution in [0.5, 0.6) is 11.5 Å². The molecule has 2 rings (SSSR count). The zero-order valence-corrected chi connectivity index (χ0v) is 15.1. The number of hydrogen-bond donors (Lipinski definition) is 0. The van der Waals surface area contributed by atoms with Crippen LogP contribution >= 0.6 is 11.6 Å². The molecule has 0 aliphatic carbocycles. The van der Waals surface area contributed by atoms with Crippen molar-refractivity contribution in [3.8, 4) is 29.9 Å². The van der Waals surface area contributed by atoms with Crippen LogP contribution < -0.4 is 9.47 Å². The second-order valence-corrected chi connectivity index (χ2v) is 5.75. The number of nitriles is 1. The maximum atomic E-state index is 12.6. The number of carbonyl (C=O) groups excluding carboxylic acids is 1. The summed E-state index contributed by atoms with van der Waals surface area (Å²) < 4.78 is 10.6. The Balaban J connectivity index is 2.45. The van der Waals surface area contributed by atoms with Crippen molar-refractivity contribution < 1.29 is 14.3 Å². The second kappa shape index (κ2) is 8.76. The van der Waals surface area contributed by atoms with E-state index in [2.05, 4.69) is 5.92 Å². The van der Waals surface area contributed by atoms with Crippen LogP contribution in [0, 0.1) is 30.6 Å². The van der Waals surface area contributed by atoms with Gasteiger partial charge in [-0.05, 0) is 36.3 Å². The predicted octanol–water partition coefficient (Wildman–Crippen LogP) is 4.46. The Bertz CT molecular complexity index is 949. The van der Waals surface area contributed by atoms with Gasteiger partial charge in [-0.3, -0.25) is 4.79 Å². The molecule has 0 aliphatic rings. The average molecular weight is 366 g/mol. The molecule has 4 nitrogen and oxygen atoms in total. The summed E-state index contributed by atoms with van der Waals surface area (Å²) in [6.45, 7) is 1.86. The number of terminal acetylenes is 1. The summed E-state index contributed by atoms with van der Waals surface area (Å²) in [5.74, 6) is 2.67. The number of halogens is 1. The van der Waals surface area contributed by atoms with E-state index in [0.29, 0.717) is 22.6 Å². The highest BCUT2D eigenvalue weighted by Gasteiger charge is 2.16. The van der Waals surface area contributed by atoms with Crippen molar-refractivity contribution in [3.63, 3.8) is 0 Å². The number of ether oxygens (including phenoxy) is 2. The molecule has 0 aliphatic heterocycles. The summed E-state index contributed by atoms with van der Waals surface area (Å²) in [5, 5.41) is 9.70. The van der Waals surface area contributed by atoms with Gasteiger partial charge in [0, 0.05) is 5.56 Å². The summed E-state index contributed by atoms with van der Waals surface area (Å²) in [7, 11) is 1.46. The normalized spacial score (nSPS) is 10.6. The highest BCUT2D eigenvalue weighted by molar-refractivity contribution is 6.32. The van der Waals surface area contributed by atoms with Crippen molar-refractivity contribution in [3.05, 3.63) is 63.7 Å². The molecule has 0 atom stereocenters. The Labute approximate surface area is 157 Å². The van der Waals surface area contributed by atoms with E-state index in [1.807, 2.05) is 25.1 Å². The summed E-state index contributed by atoms with van der Waals surface area (Å²) in [4.78, 5) is 12.6. The van der Waals surface area contributed by atoms with Crippen LogP contribution in [0.2, 0.25) is 5.02 Å². The molecule has 0 radical (unpaired) electrons. The number of benzene rings is 2. The molecule has 0 unspecified atom stereocenters. The Hall–Kier alpha value is -3.21. The van der Waals surface area contributed by atoms with Crippen LogP contribution in [0.25, 0.3) is 6.08 Å². The van der Waals surface area contributed by atoms with Gasteiger partial charge in [0.05, 0.1) is 12.1 Å². The lowest BCUT2D eigenvalue weighted by Crippen LogP contribution is -2.04. The molecule has 0 fully saturated rings. The molecule has 0 N–H and O–H groups in total. The van der Waals surface area contributed by atoms with E-state index in [1.165, 1.54) is 13.2 Å². The van der Waals surface area contributed by atoms with E-state index >= 15 is 0 Å². The smallest absolute Gasteiger partial charge is 0.203 e. The zero-order chi connectivity index (χ0) is 19.1. The topological polar surface area (TPSA) is 59.3 Å². The van der Waals surface area contributed by atoms with E-state index in [0.717, 1.165) is 5.56 Å². The van der Waals surface area contributed by atoms with E-state index < -0.39 is 0 Å². The third-order valence-electron chi connectivity index (χ3n) is 3.62. The van der Waals surface area contributed by atoms with Crippen molar-refractivity contribution in [2.75, 3.05) is 13.7 Å². The van der Waals surface area contributed by atoms with Crippen molar-refractivity contribution in [1.29, 1.82) is 5.26 Å². The third kappa shape index (κ3) is 4.25. The number of aryl methyl sites for hydroxylation is 1. The van der Waals surface area contributed by atoms with Gasteiger partial charge < -0.3 is 9.47 Å². The van der Waals surface area contributed by atoms with Crippen LogP contribution in [0.15, 0.2) is 42.0 Å². The molecule has 0 heterocycles. The molecule has 0 bridgehead atoms. The van der Waals surface area contributed by atoms with Gasteiger partial charge in [-0.15, -0.1) is 6.42 Å². The highest BCUT2D eigenvalue weighted by Crippen LogP contribution is 2.37. The standard InChI is InChI=1S/C21H16ClNO3/c1-4-9-26-21-18(22)11-15(12-19(21)25-3)10-16(13-23)20(24)17-8-6-5-7-14(17)2/h1,5-8,10-12H,9H2,2-3H3/b16-10+. The SMILES string of the molecule is C#CCOc1c(Cl)cc(/C=C(\C#N)C(=O)c2ccccc2C)cc1OC. The van der Waals surface area contributed by atoms with Crippen LogP contribution in [-0.2, 0) is 0 Å². The van der Waals surface area contributed by atoms with Crippen LogP contribution in [0.4, 0.5) is 0 Å². The minimum absolute atomic E-state index is 0.00490. The van der Waals surface area contributed by atoms with E-state index in [-0.39, 0.29) is 23.0 Å². The van der Waals surface area contributed by atoms with Gasteiger partial charge in [0.15, 0.2) is 11.5 Å². The number of carbonyl (C=O) groups is 1. The quantitative estimate of drug-likeness (QED) is 0.328. The first kappa shape index (κ1) is 19.1. The first-order valence-electron chi connectivity index (χ1n) is 7.67. The molecule has 0 amide bonds. The maximum Gasteiger partial charge on any atom is 0.203 e. The summed E-state index contributed by atoms with van der Waals surface area (Å²) >= 11 is 6.23. The summed E-state index contributed by atoms with van der Waals surface area (Å²) in [6.07, 6.45) is 6.66. The number of hydrogen-bond acceptors (Lipinski definition) is 4. The van der Waals surface area contributed by atoms with Gasteiger partial charge in [-0.2, -0.15) is 5.26 Å². The fourth-order valence-electron chi connectivity index (χ4n) is 2.37. The molecule has 5 heteroatoms. The summed E-state index contributed by atoms with van der Waals surface area (Å²) in [6, 6.07) is 12.3. The largest absolute Gasteiger partial charge is 0.493 e. The van der Waals surface area contributed by atoms with Gasteiger partial charge in [-0.25, -0.2) is 0 Å². The molecule has 130 valence electrons. The monoisotopic (exact) mass is 365 g/mol. The lowest BCUT2D eigenvalue weighted by molar-refractivity contribution is 0.103. The van der Waals surface area contributed by atoms with E-state index in [1.54, 1.807) is 24.3 Å². The van der Waals surface area contributed by atoms with Crippen molar-refractivity contribution in [2.45, 2.75) is 6.92 Å². The van der Waals surface area contributed by atoms with E-state index in [9.17, 15) is 10.1 Å². The molecule has 2 aromatic carbocycles. The fourth-order valence-corrected chi connectivity index (χ4v) is 2.64.